The summed E-state index contributed by atoms with van der Waals surface area (Å²) in [4.78, 5) is 132. The highest BCUT2D eigenvalue weighted by Gasteiger charge is 2.54. The number of hydrogen-bond donors (Lipinski definition) is 6. The number of carbonyl (C=O) groups is 9. The third-order valence-corrected chi connectivity index (χ3v) is 18.2. The zero-order valence-electron chi connectivity index (χ0n) is 52.3. The second-order valence-corrected chi connectivity index (χ2v) is 24.3. The molecular weight excluding hydrogens is 1300 g/mol. The number of ether oxygens (including phenoxy) is 3. The van der Waals surface area contributed by atoms with E-state index >= 15 is 0 Å². The van der Waals surface area contributed by atoms with Crippen molar-refractivity contribution in [3.05, 3.63) is 224 Å². The zero-order chi connectivity index (χ0) is 68.6. The van der Waals surface area contributed by atoms with Crippen LogP contribution in [0.1, 0.15) is 64.8 Å². The summed E-state index contributed by atoms with van der Waals surface area (Å²) in [6.07, 6.45) is 3.08. The summed E-state index contributed by atoms with van der Waals surface area (Å²) < 4.78 is 15.6. The van der Waals surface area contributed by atoms with E-state index in [2.05, 4.69) is 58.7 Å². The fraction of sp³-hybridized carbons (Fsp3) is 0.167. The number of rotatable bonds is 13. The fourth-order valence-corrected chi connectivity index (χ4v) is 12.8. The summed E-state index contributed by atoms with van der Waals surface area (Å²) in [7, 11) is 4.58. The number of nitrogens with one attached hydrogen (secondary N) is 6. The van der Waals surface area contributed by atoms with Gasteiger partial charge in [0.05, 0.1) is 79.0 Å². The van der Waals surface area contributed by atoms with Gasteiger partial charge in [-0.05, 0) is 108 Å². The maximum Gasteiger partial charge on any atom is 0.323 e. The molecule has 15 rings (SSSR count). The lowest BCUT2D eigenvalue weighted by molar-refractivity contribution is -0.123. The summed E-state index contributed by atoms with van der Waals surface area (Å²) in [5, 5.41) is 17.6. The van der Waals surface area contributed by atoms with Crippen LogP contribution in [0.5, 0.6) is 17.2 Å². The quantitative estimate of drug-likeness (QED) is 0.0471. The smallest absolute Gasteiger partial charge is 0.323 e. The Labute approximate surface area is 568 Å². The highest BCUT2D eigenvalue weighted by molar-refractivity contribution is 6.37. The number of halogens is 2. The number of fused-ring (bicyclic) bond motifs is 6. The van der Waals surface area contributed by atoms with Gasteiger partial charge in [-0.25, -0.2) is 29.3 Å². The van der Waals surface area contributed by atoms with E-state index in [9.17, 15) is 43.2 Å². The molecule has 98 heavy (non-hydrogen) atoms. The van der Waals surface area contributed by atoms with E-state index in [0.29, 0.717) is 57.6 Å². The molecule has 0 unspecified atom stereocenters. The Balaban J connectivity index is 0.000000132. The zero-order valence-corrected chi connectivity index (χ0v) is 53.8. The highest BCUT2D eigenvalue weighted by Crippen LogP contribution is 2.36. The average Bonchev–Trinajstić information content (AvgIpc) is 1.60. The average molecular weight is 1350 g/mol. The van der Waals surface area contributed by atoms with Crippen molar-refractivity contribution in [1.29, 1.82) is 0 Å². The van der Waals surface area contributed by atoms with E-state index in [1.807, 2.05) is 109 Å². The largest absolute Gasteiger partial charge is 0.497 e. The molecule has 3 atom stereocenters. The van der Waals surface area contributed by atoms with E-state index in [1.165, 1.54) is 48.2 Å². The van der Waals surface area contributed by atoms with Crippen LogP contribution in [0.4, 0.5) is 14.4 Å². The second-order valence-electron chi connectivity index (χ2n) is 23.5. The minimum atomic E-state index is -1.63. The van der Waals surface area contributed by atoms with Crippen LogP contribution < -0.4 is 46.1 Å². The minimum absolute atomic E-state index is 0.0509. The third kappa shape index (κ3) is 12.5. The van der Waals surface area contributed by atoms with Crippen molar-refractivity contribution in [1.82, 2.24) is 61.6 Å². The van der Waals surface area contributed by atoms with Gasteiger partial charge in [0.2, 0.25) is 5.54 Å². The number of carbonyl (C=O) groups excluding carboxylic acids is 9. The Morgan fingerprint density at radius 1 is 0.449 bits per heavy atom. The summed E-state index contributed by atoms with van der Waals surface area (Å²) in [5.41, 5.74) is 2.88. The Hall–Kier alpha value is -12.2. The van der Waals surface area contributed by atoms with Gasteiger partial charge in [0.25, 0.3) is 35.4 Å². The predicted molar refractivity (Wildman–Crippen MR) is 361 cm³/mol. The lowest BCUT2D eigenvalue weighted by Crippen LogP contribution is -2.55. The molecule has 0 saturated carbocycles. The van der Waals surface area contributed by atoms with Crippen LogP contribution in [-0.2, 0) is 34.0 Å². The molecule has 6 aromatic carbocycles. The van der Waals surface area contributed by atoms with Crippen LogP contribution in [0.3, 0.4) is 0 Å². The van der Waals surface area contributed by atoms with E-state index in [4.69, 9.17) is 37.4 Å². The number of aromatic nitrogens is 3. The minimum Gasteiger partial charge on any atom is -0.497 e. The van der Waals surface area contributed by atoms with E-state index in [1.54, 1.807) is 54.6 Å². The molecule has 0 spiro atoms. The van der Waals surface area contributed by atoms with Gasteiger partial charge in [-0.1, -0.05) is 120 Å². The fourth-order valence-electron chi connectivity index (χ4n) is 12.2. The molecule has 9 heterocycles. The lowest BCUT2D eigenvalue weighted by atomic mass is 9.97. The summed E-state index contributed by atoms with van der Waals surface area (Å²) >= 11 is 13.3. The van der Waals surface area contributed by atoms with E-state index < -0.39 is 52.4 Å². The molecule has 490 valence electrons. The van der Waals surface area contributed by atoms with Crippen LogP contribution >= 0.6 is 23.2 Å². The first-order valence-electron chi connectivity index (χ1n) is 30.4. The van der Waals surface area contributed by atoms with Gasteiger partial charge in [0, 0.05) is 52.5 Å². The van der Waals surface area contributed by atoms with Gasteiger partial charge in [-0.15, -0.1) is 0 Å². The molecule has 3 fully saturated rings. The van der Waals surface area contributed by atoms with Crippen LogP contribution in [-0.4, -0.2) is 141 Å². The molecule has 0 bridgehead atoms. The van der Waals surface area contributed by atoms with Crippen molar-refractivity contribution in [2.24, 2.45) is 0 Å². The molecule has 6 N–H and O–H groups in total. The number of amides is 12. The van der Waals surface area contributed by atoms with Crippen LogP contribution in [0.15, 0.2) is 174 Å². The topological polar surface area (TPSA) is 302 Å². The first kappa shape index (κ1) is 64.5. The van der Waals surface area contributed by atoms with Crippen molar-refractivity contribution in [2.45, 2.75) is 36.3 Å². The Bertz CT molecular complexity index is 4850. The number of nitrogens with zero attached hydrogens (tertiary/aromatic N) is 6. The number of pyridine rings is 3. The normalized spacial score (nSPS) is 19.8. The maximum absolute atomic E-state index is 13.1. The van der Waals surface area contributed by atoms with Crippen LogP contribution in [0.2, 0.25) is 0 Å². The molecular formula is C72H56Cl2N12O12. The predicted octanol–water partition coefficient (Wildman–Crippen LogP) is 7.94. The number of urea groups is 3. The van der Waals surface area contributed by atoms with E-state index in [-0.39, 0.29) is 60.5 Å². The standard InChI is InChI=1S/2C24H19ClN4O4.C24H18N4O4/c2*1-33-17-9-7-15-12-29(21(30)18(15)11-17)13-24(22(31)27-23(32)28-24)20(25)10-16-8-6-14-4-2-3-5-19(14)26-16;1-32-18-9-7-16-13-28(21(29)19(16)12-18)14-24(22(30)26-23(31)27-24)11-10-17-8-6-15-4-2-3-5-20(15)25-17/h2*2-11H,12-13H2,1H3,(H2,27,28,31,32);2-9,12H,13-14H2,1H3,(H2,26,27,30,31)/b20-10+;20-10-;/t3*24-/m001/s1. The van der Waals surface area contributed by atoms with Crippen molar-refractivity contribution in [3.8, 4) is 29.1 Å². The Morgan fingerprint density at radius 2 is 0.816 bits per heavy atom. The number of para-hydroxylation sites is 3. The number of methoxy groups -OCH3 is 3. The van der Waals surface area contributed by atoms with Gasteiger partial charge in [-0.2, -0.15) is 0 Å². The number of benzene rings is 6. The summed E-state index contributed by atoms with van der Waals surface area (Å²) in [6, 6.07) is 47.5. The van der Waals surface area contributed by atoms with Gasteiger partial charge < -0.3 is 44.9 Å². The van der Waals surface area contributed by atoms with Gasteiger partial charge >= 0.3 is 18.1 Å². The maximum atomic E-state index is 13.1. The molecule has 26 heteroatoms. The number of imide groups is 3. The monoisotopic (exact) mass is 1350 g/mol. The first-order valence-corrected chi connectivity index (χ1v) is 31.2. The summed E-state index contributed by atoms with van der Waals surface area (Å²) in [5.74, 6) is 4.82. The highest BCUT2D eigenvalue weighted by atomic mass is 35.5. The molecule has 0 aliphatic carbocycles. The molecule has 9 aromatic rings. The van der Waals surface area contributed by atoms with E-state index in [0.717, 1.165) is 49.4 Å². The third-order valence-electron chi connectivity index (χ3n) is 17.3. The van der Waals surface area contributed by atoms with Crippen molar-refractivity contribution in [3.63, 3.8) is 0 Å². The molecule has 3 saturated heterocycles. The van der Waals surface area contributed by atoms with Crippen molar-refractivity contribution >= 4 is 122 Å². The van der Waals surface area contributed by atoms with Crippen molar-refractivity contribution in [2.75, 3.05) is 41.0 Å². The Morgan fingerprint density at radius 3 is 1.19 bits per heavy atom. The van der Waals surface area contributed by atoms with Gasteiger partial charge in [0.1, 0.15) is 22.9 Å². The molecule has 6 aliphatic heterocycles. The molecule has 3 aromatic heterocycles. The second kappa shape index (κ2) is 26.2. The van der Waals surface area contributed by atoms with Crippen LogP contribution in [0.25, 0.3) is 44.9 Å². The summed E-state index contributed by atoms with van der Waals surface area (Å²) in [6.45, 7) is 0.496. The number of hydrogen-bond acceptors (Lipinski definition) is 15. The Kier molecular flexibility index (Phi) is 17.2. The molecule has 24 nitrogen and oxygen atoms in total. The molecule has 0 radical (unpaired) electrons. The molecule has 6 aliphatic rings. The van der Waals surface area contributed by atoms with Crippen LogP contribution in [0, 0.1) is 11.8 Å². The lowest BCUT2D eigenvalue weighted by Gasteiger charge is -2.30. The first-order chi connectivity index (χ1) is 47.3. The SMILES string of the molecule is COc1ccc2c(c1)C(=O)N(C[C@@]1(/C(Cl)=C/c3ccc4ccccc4n3)NC(=O)NC1=O)C2.COc1ccc2c(c1)C(=O)N(C[C@@]1(/C(Cl)=C\c3ccc4ccccc4n3)NC(=O)NC1=O)C2.COc1ccc2c(c1)C(=O)N(C[C@@]1(C#Cc3ccc4ccccc4n3)NC(=O)NC1=O)C2. The van der Waals surface area contributed by atoms with Gasteiger partial charge in [-0.3, -0.25) is 44.7 Å². The van der Waals surface area contributed by atoms with Gasteiger partial charge in [0.15, 0.2) is 11.1 Å². The molecule has 12 amide bonds. The van der Waals surface area contributed by atoms with Crippen molar-refractivity contribution < 1.29 is 57.4 Å².